The van der Waals surface area contributed by atoms with E-state index in [1.165, 1.54) is 12.8 Å². The quantitative estimate of drug-likeness (QED) is 0.873. The van der Waals surface area contributed by atoms with Gasteiger partial charge in [0.1, 0.15) is 5.54 Å². The zero-order chi connectivity index (χ0) is 17.9. The second-order valence-corrected chi connectivity index (χ2v) is 7.80. The number of hydrogen-bond acceptors (Lipinski definition) is 2. The van der Waals surface area contributed by atoms with Gasteiger partial charge < -0.3 is 10.2 Å². The molecule has 2 amide bonds. The van der Waals surface area contributed by atoms with Gasteiger partial charge in [-0.3, -0.25) is 9.59 Å². The summed E-state index contributed by atoms with van der Waals surface area (Å²) >= 11 is 6.22. The average molecular weight is 363 g/mol. The van der Waals surface area contributed by atoms with Crippen molar-refractivity contribution in [2.24, 2.45) is 0 Å². The van der Waals surface area contributed by atoms with Crippen molar-refractivity contribution >= 4 is 23.4 Å². The summed E-state index contributed by atoms with van der Waals surface area (Å²) < 4.78 is 0. The summed E-state index contributed by atoms with van der Waals surface area (Å²) in [5.41, 5.74) is -0.290. The van der Waals surface area contributed by atoms with Crippen LogP contribution in [0.3, 0.4) is 0 Å². The minimum Gasteiger partial charge on any atom is -0.351 e. The Morgan fingerprint density at radius 2 is 1.72 bits per heavy atom. The fourth-order valence-corrected chi connectivity index (χ4v) is 4.47. The highest BCUT2D eigenvalue weighted by Crippen LogP contribution is 2.35. The average Bonchev–Trinajstić information content (AvgIpc) is 3.14. The number of benzene rings is 1. The summed E-state index contributed by atoms with van der Waals surface area (Å²) in [6.07, 6.45) is 8.94. The molecule has 0 aliphatic heterocycles. The first-order valence-electron chi connectivity index (χ1n) is 9.38. The summed E-state index contributed by atoms with van der Waals surface area (Å²) in [7, 11) is 1.76. The molecule has 136 valence electrons. The Labute approximate surface area is 154 Å². The Bertz CT molecular complexity index is 634. The minimum absolute atomic E-state index is 0.0157. The molecular weight excluding hydrogens is 336 g/mol. The first kappa shape index (κ1) is 18.2. The Hall–Kier alpha value is -1.55. The monoisotopic (exact) mass is 362 g/mol. The lowest BCUT2D eigenvalue weighted by Gasteiger charge is -2.43. The van der Waals surface area contributed by atoms with Crippen molar-refractivity contribution in [1.29, 1.82) is 0 Å². The number of hydrogen-bond donors (Lipinski definition) is 1. The second kappa shape index (κ2) is 7.77. The maximum absolute atomic E-state index is 13.2. The fourth-order valence-electron chi connectivity index (χ4n) is 4.25. The van der Waals surface area contributed by atoms with Crippen LogP contribution >= 0.6 is 11.6 Å². The summed E-state index contributed by atoms with van der Waals surface area (Å²) in [5, 5.41) is 3.66. The van der Waals surface area contributed by atoms with Gasteiger partial charge in [-0.2, -0.15) is 0 Å². The molecule has 3 rings (SSSR count). The lowest BCUT2D eigenvalue weighted by Crippen LogP contribution is -2.61. The molecule has 4 nitrogen and oxygen atoms in total. The van der Waals surface area contributed by atoms with Crippen molar-refractivity contribution in [2.75, 3.05) is 7.05 Å². The first-order valence-corrected chi connectivity index (χ1v) is 9.76. The van der Waals surface area contributed by atoms with E-state index in [1.54, 1.807) is 30.1 Å². The molecule has 0 bridgehead atoms. The van der Waals surface area contributed by atoms with Gasteiger partial charge in [-0.25, -0.2) is 0 Å². The van der Waals surface area contributed by atoms with Crippen molar-refractivity contribution in [3.63, 3.8) is 0 Å². The van der Waals surface area contributed by atoms with Crippen LogP contribution in [0.1, 0.15) is 68.1 Å². The molecule has 0 radical (unpaired) electrons. The molecule has 0 aromatic heterocycles. The normalized spacial score (nSPS) is 20.2. The molecule has 0 unspecified atom stereocenters. The molecule has 25 heavy (non-hydrogen) atoms. The van der Waals surface area contributed by atoms with E-state index in [-0.39, 0.29) is 17.9 Å². The van der Waals surface area contributed by atoms with Crippen LogP contribution in [0, 0.1) is 0 Å². The lowest BCUT2D eigenvalue weighted by molar-refractivity contribution is -0.134. The fraction of sp³-hybridized carbons (Fsp3) is 0.600. The van der Waals surface area contributed by atoms with Crippen molar-refractivity contribution < 1.29 is 9.59 Å². The van der Waals surface area contributed by atoms with E-state index in [1.807, 2.05) is 6.07 Å². The zero-order valence-electron chi connectivity index (χ0n) is 14.9. The van der Waals surface area contributed by atoms with Crippen LogP contribution in [-0.4, -0.2) is 35.3 Å². The first-order chi connectivity index (χ1) is 12.0. The highest BCUT2D eigenvalue weighted by molar-refractivity contribution is 6.33. The SMILES string of the molecule is CN(C(=O)c1ccccc1Cl)C1(C(=O)NC2CCCC2)CCCCC1. The third-order valence-electron chi connectivity index (χ3n) is 5.84. The molecule has 1 aromatic carbocycles. The smallest absolute Gasteiger partial charge is 0.256 e. The largest absolute Gasteiger partial charge is 0.351 e. The molecular formula is C20H27ClN2O2. The van der Waals surface area contributed by atoms with Gasteiger partial charge in [-0.15, -0.1) is 0 Å². The van der Waals surface area contributed by atoms with Gasteiger partial charge in [-0.05, 0) is 37.8 Å². The van der Waals surface area contributed by atoms with E-state index in [4.69, 9.17) is 11.6 Å². The zero-order valence-corrected chi connectivity index (χ0v) is 15.6. The third-order valence-corrected chi connectivity index (χ3v) is 6.17. The van der Waals surface area contributed by atoms with Crippen LogP contribution in [0.25, 0.3) is 0 Å². The topological polar surface area (TPSA) is 49.4 Å². The van der Waals surface area contributed by atoms with Crippen molar-refractivity contribution in [3.05, 3.63) is 34.9 Å². The van der Waals surface area contributed by atoms with Crippen molar-refractivity contribution in [2.45, 2.75) is 69.4 Å². The van der Waals surface area contributed by atoms with Gasteiger partial charge in [0.25, 0.3) is 5.91 Å². The van der Waals surface area contributed by atoms with E-state index >= 15 is 0 Å². The van der Waals surface area contributed by atoms with Gasteiger partial charge in [0, 0.05) is 13.1 Å². The van der Waals surface area contributed by atoms with E-state index in [2.05, 4.69) is 5.32 Å². The van der Waals surface area contributed by atoms with Crippen LogP contribution in [0.2, 0.25) is 5.02 Å². The minimum atomic E-state index is -0.753. The van der Waals surface area contributed by atoms with E-state index in [9.17, 15) is 9.59 Å². The van der Waals surface area contributed by atoms with Crippen molar-refractivity contribution in [3.8, 4) is 0 Å². The third kappa shape index (κ3) is 3.69. The maximum Gasteiger partial charge on any atom is 0.256 e. The number of amides is 2. The van der Waals surface area contributed by atoms with Crippen LogP contribution in [0.4, 0.5) is 0 Å². The Kier molecular flexibility index (Phi) is 5.67. The molecule has 0 saturated heterocycles. The number of rotatable bonds is 4. The predicted molar refractivity (Wildman–Crippen MR) is 99.8 cm³/mol. The number of nitrogens with one attached hydrogen (secondary N) is 1. The molecule has 0 atom stereocenters. The highest BCUT2D eigenvalue weighted by atomic mass is 35.5. The number of carbonyl (C=O) groups excluding carboxylic acids is 2. The Morgan fingerprint density at radius 1 is 1.08 bits per heavy atom. The molecule has 2 saturated carbocycles. The molecule has 2 aliphatic carbocycles. The number of nitrogens with zero attached hydrogens (tertiary/aromatic N) is 1. The molecule has 2 aliphatic rings. The second-order valence-electron chi connectivity index (χ2n) is 7.39. The van der Waals surface area contributed by atoms with Crippen LogP contribution in [0.5, 0.6) is 0 Å². The lowest BCUT2D eigenvalue weighted by atomic mass is 9.79. The molecule has 1 aromatic rings. The molecule has 2 fully saturated rings. The van der Waals surface area contributed by atoms with Gasteiger partial charge in [0.05, 0.1) is 10.6 Å². The molecule has 1 N–H and O–H groups in total. The predicted octanol–water partition coefficient (Wildman–Crippen LogP) is 4.17. The van der Waals surface area contributed by atoms with Gasteiger partial charge in [-0.1, -0.05) is 55.8 Å². The van der Waals surface area contributed by atoms with E-state index in [0.29, 0.717) is 10.6 Å². The summed E-state index contributed by atoms with van der Waals surface area (Å²) in [4.78, 5) is 27.9. The van der Waals surface area contributed by atoms with Crippen molar-refractivity contribution in [1.82, 2.24) is 10.2 Å². The Morgan fingerprint density at radius 3 is 2.36 bits per heavy atom. The van der Waals surface area contributed by atoms with Crippen LogP contribution in [-0.2, 0) is 4.79 Å². The van der Waals surface area contributed by atoms with Gasteiger partial charge in [0.2, 0.25) is 5.91 Å². The summed E-state index contributed by atoms with van der Waals surface area (Å²) in [6, 6.07) is 7.32. The Balaban J connectivity index is 1.84. The maximum atomic E-state index is 13.2. The molecule has 0 spiro atoms. The van der Waals surface area contributed by atoms with Crippen LogP contribution in [0.15, 0.2) is 24.3 Å². The van der Waals surface area contributed by atoms with E-state index in [0.717, 1.165) is 44.9 Å². The van der Waals surface area contributed by atoms with Gasteiger partial charge in [0.15, 0.2) is 0 Å². The van der Waals surface area contributed by atoms with Crippen LogP contribution < -0.4 is 5.32 Å². The molecule has 5 heteroatoms. The summed E-state index contributed by atoms with van der Waals surface area (Å²) in [6.45, 7) is 0. The number of carbonyl (C=O) groups is 2. The number of halogens is 1. The standard InChI is InChI=1S/C20H27ClN2O2/c1-23(18(24)16-11-5-6-12-17(16)21)20(13-7-2-8-14-20)19(25)22-15-9-3-4-10-15/h5-6,11-12,15H,2-4,7-10,13-14H2,1H3,(H,22,25). The molecule has 0 heterocycles. The van der Waals surface area contributed by atoms with Gasteiger partial charge >= 0.3 is 0 Å². The van der Waals surface area contributed by atoms with E-state index < -0.39 is 5.54 Å². The highest BCUT2D eigenvalue weighted by Gasteiger charge is 2.46. The number of likely N-dealkylation sites (N-methyl/N-ethyl adjacent to an activating group) is 1. The summed E-state index contributed by atoms with van der Waals surface area (Å²) in [5.74, 6) is -0.156.